The Hall–Kier alpha value is -1.65. The molecule has 2 N–H and O–H groups in total. The third-order valence-electron chi connectivity index (χ3n) is 3.73. The minimum absolute atomic E-state index is 0.0601. The standard InChI is InChI=1S/C16H21FN2O/c1-11-8-14(17)4-5-15(11)16(9-18)19(3)10-13-6-7-20-12(13)2/h4-8,16H,9-10,18H2,1-3H3. The molecule has 0 saturated carbocycles. The zero-order valence-electron chi connectivity index (χ0n) is 12.2. The van der Waals surface area contributed by atoms with Crippen LogP contribution >= 0.6 is 0 Å². The summed E-state index contributed by atoms with van der Waals surface area (Å²) in [6.07, 6.45) is 1.69. The van der Waals surface area contributed by atoms with Gasteiger partial charge in [0.25, 0.3) is 0 Å². The van der Waals surface area contributed by atoms with E-state index >= 15 is 0 Å². The smallest absolute Gasteiger partial charge is 0.123 e. The zero-order chi connectivity index (χ0) is 14.7. The largest absolute Gasteiger partial charge is 0.469 e. The van der Waals surface area contributed by atoms with E-state index in [1.54, 1.807) is 12.3 Å². The number of hydrogen-bond donors (Lipinski definition) is 1. The van der Waals surface area contributed by atoms with Crippen molar-refractivity contribution < 1.29 is 8.81 Å². The van der Waals surface area contributed by atoms with Gasteiger partial charge in [-0.05, 0) is 50.2 Å². The van der Waals surface area contributed by atoms with E-state index in [0.29, 0.717) is 6.54 Å². The van der Waals surface area contributed by atoms with Crippen LogP contribution in [0.15, 0.2) is 34.9 Å². The molecule has 3 nitrogen and oxygen atoms in total. The second kappa shape index (κ2) is 6.20. The number of nitrogens with two attached hydrogens (primary N) is 1. The summed E-state index contributed by atoms with van der Waals surface area (Å²) in [5, 5.41) is 0. The molecule has 2 aromatic rings. The normalized spacial score (nSPS) is 12.9. The first-order chi connectivity index (χ1) is 9.52. The van der Waals surface area contributed by atoms with E-state index in [0.717, 1.165) is 29.0 Å². The molecule has 0 spiro atoms. The van der Waals surface area contributed by atoms with Crippen LogP contribution in [0.1, 0.15) is 28.5 Å². The molecule has 1 heterocycles. The number of nitrogens with zero attached hydrogens (tertiary/aromatic N) is 1. The highest BCUT2D eigenvalue weighted by Crippen LogP contribution is 2.25. The lowest BCUT2D eigenvalue weighted by Crippen LogP contribution is -2.30. The summed E-state index contributed by atoms with van der Waals surface area (Å²) in [7, 11) is 2.02. The summed E-state index contributed by atoms with van der Waals surface area (Å²) in [5.74, 6) is 0.707. The molecule has 1 unspecified atom stereocenters. The molecule has 0 saturated heterocycles. The van der Waals surface area contributed by atoms with Crippen molar-refractivity contribution in [2.75, 3.05) is 13.6 Å². The Morgan fingerprint density at radius 1 is 1.30 bits per heavy atom. The topological polar surface area (TPSA) is 42.4 Å². The fourth-order valence-corrected chi connectivity index (χ4v) is 2.51. The third-order valence-corrected chi connectivity index (χ3v) is 3.73. The van der Waals surface area contributed by atoms with Crippen LogP contribution in [-0.4, -0.2) is 18.5 Å². The lowest BCUT2D eigenvalue weighted by Gasteiger charge is -2.28. The number of hydrogen-bond acceptors (Lipinski definition) is 3. The number of benzene rings is 1. The van der Waals surface area contributed by atoms with Gasteiger partial charge in [0.1, 0.15) is 11.6 Å². The molecule has 0 radical (unpaired) electrons. The Balaban J connectivity index is 2.21. The van der Waals surface area contributed by atoms with Crippen molar-refractivity contribution in [3.63, 3.8) is 0 Å². The van der Waals surface area contributed by atoms with Crippen molar-refractivity contribution in [1.29, 1.82) is 0 Å². The van der Waals surface area contributed by atoms with Gasteiger partial charge < -0.3 is 10.2 Å². The second-order valence-electron chi connectivity index (χ2n) is 5.17. The van der Waals surface area contributed by atoms with Crippen LogP contribution in [0.25, 0.3) is 0 Å². The van der Waals surface area contributed by atoms with Gasteiger partial charge in [0.15, 0.2) is 0 Å². The van der Waals surface area contributed by atoms with Crippen LogP contribution in [0.4, 0.5) is 4.39 Å². The molecule has 1 atom stereocenters. The maximum absolute atomic E-state index is 13.2. The maximum Gasteiger partial charge on any atom is 0.123 e. The minimum Gasteiger partial charge on any atom is -0.469 e. The van der Waals surface area contributed by atoms with E-state index < -0.39 is 0 Å². The minimum atomic E-state index is -0.213. The molecule has 108 valence electrons. The number of halogens is 1. The summed E-state index contributed by atoms with van der Waals surface area (Å²) < 4.78 is 18.5. The van der Waals surface area contributed by atoms with Gasteiger partial charge in [-0.25, -0.2) is 4.39 Å². The van der Waals surface area contributed by atoms with Gasteiger partial charge in [-0.3, -0.25) is 4.90 Å². The van der Waals surface area contributed by atoms with Gasteiger partial charge in [0.2, 0.25) is 0 Å². The van der Waals surface area contributed by atoms with Crippen molar-refractivity contribution in [2.45, 2.75) is 26.4 Å². The zero-order valence-corrected chi connectivity index (χ0v) is 12.2. The number of aryl methyl sites for hydroxylation is 2. The molecule has 0 aliphatic carbocycles. The fourth-order valence-electron chi connectivity index (χ4n) is 2.51. The van der Waals surface area contributed by atoms with Crippen molar-refractivity contribution >= 4 is 0 Å². The predicted octanol–water partition coefficient (Wildman–Crippen LogP) is 3.17. The van der Waals surface area contributed by atoms with Crippen molar-refractivity contribution in [2.24, 2.45) is 5.73 Å². The van der Waals surface area contributed by atoms with E-state index in [4.69, 9.17) is 10.2 Å². The van der Waals surface area contributed by atoms with Gasteiger partial charge in [-0.15, -0.1) is 0 Å². The molecule has 0 aliphatic heterocycles. The maximum atomic E-state index is 13.2. The van der Waals surface area contributed by atoms with E-state index in [9.17, 15) is 4.39 Å². The summed E-state index contributed by atoms with van der Waals surface area (Å²) in [6, 6.07) is 6.89. The predicted molar refractivity (Wildman–Crippen MR) is 77.8 cm³/mol. The Morgan fingerprint density at radius 3 is 2.60 bits per heavy atom. The summed E-state index contributed by atoms with van der Waals surface area (Å²) in [5.41, 5.74) is 9.06. The van der Waals surface area contributed by atoms with Gasteiger partial charge in [-0.1, -0.05) is 6.07 Å². The Morgan fingerprint density at radius 2 is 2.05 bits per heavy atom. The fraction of sp³-hybridized carbons (Fsp3) is 0.375. The highest BCUT2D eigenvalue weighted by atomic mass is 19.1. The van der Waals surface area contributed by atoms with Crippen LogP contribution in [0.5, 0.6) is 0 Å². The summed E-state index contributed by atoms with van der Waals surface area (Å²) in [4.78, 5) is 2.16. The summed E-state index contributed by atoms with van der Waals surface area (Å²) in [6.45, 7) is 5.10. The monoisotopic (exact) mass is 276 g/mol. The molecular weight excluding hydrogens is 255 g/mol. The van der Waals surface area contributed by atoms with Crippen LogP contribution in [0, 0.1) is 19.7 Å². The molecule has 2 rings (SSSR count). The highest BCUT2D eigenvalue weighted by Gasteiger charge is 2.19. The SMILES string of the molecule is Cc1cc(F)ccc1C(CN)N(C)Cc1ccoc1C. The average Bonchev–Trinajstić information content (AvgIpc) is 2.78. The molecule has 4 heteroatoms. The highest BCUT2D eigenvalue weighted by molar-refractivity contribution is 5.30. The molecule has 1 aromatic carbocycles. The molecule has 0 amide bonds. The number of likely N-dealkylation sites (N-methyl/N-ethyl adjacent to an activating group) is 1. The lowest BCUT2D eigenvalue weighted by molar-refractivity contribution is 0.239. The van der Waals surface area contributed by atoms with Crippen molar-refractivity contribution in [3.8, 4) is 0 Å². The molecule has 1 aromatic heterocycles. The van der Waals surface area contributed by atoms with Crippen molar-refractivity contribution in [1.82, 2.24) is 4.90 Å². The Labute approximate surface area is 119 Å². The van der Waals surface area contributed by atoms with Gasteiger partial charge >= 0.3 is 0 Å². The first-order valence-electron chi connectivity index (χ1n) is 6.72. The van der Waals surface area contributed by atoms with Gasteiger partial charge in [0.05, 0.1) is 6.26 Å². The third kappa shape index (κ3) is 3.08. The molecule has 0 fully saturated rings. The van der Waals surface area contributed by atoms with Gasteiger partial charge in [-0.2, -0.15) is 0 Å². The van der Waals surface area contributed by atoms with E-state index in [2.05, 4.69) is 4.90 Å². The Kier molecular flexibility index (Phi) is 4.57. The first kappa shape index (κ1) is 14.8. The Bertz CT molecular complexity index is 580. The van der Waals surface area contributed by atoms with Gasteiger partial charge in [0, 0.05) is 24.7 Å². The van der Waals surface area contributed by atoms with E-state index in [-0.39, 0.29) is 11.9 Å². The first-order valence-corrected chi connectivity index (χ1v) is 6.72. The quantitative estimate of drug-likeness (QED) is 0.912. The lowest BCUT2D eigenvalue weighted by atomic mass is 9.99. The van der Waals surface area contributed by atoms with Crippen LogP contribution in [0.2, 0.25) is 0 Å². The van der Waals surface area contributed by atoms with Crippen LogP contribution < -0.4 is 5.73 Å². The second-order valence-corrected chi connectivity index (χ2v) is 5.17. The molecule has 20 heavy (non-hydrogen) atoms. The van der Waals surface area contributed by atoms with E-state index in [1.165, 1.54) is 6.07 Å². The number of furan rings is 1. The van der Waals surface area contributed by atoms with Crippen molar-refractivity contribution in [3.05, 3.63) is 58.8 Å². The summed E-state index contributed by atoms with van der Waals surface area (Å²) >= 11 is 0. The molecule has 0 aliphatic rings. The number of rotatable bonds is 5. The van der Waals surface area contributed by atoms with E-state index in [1.807, 2.05) is 33.0 Å². The average molecular weight is 276 g/mol. The molecular formula is C16H21FN2O. The van der Waals surface area contributed by atoms with Crippen LogP contribution in [0.3, 0.4) is 0 Å². The molecule has 0 bridgehead atoms. The van der Waals surface area contributed by atoms with Crippen LogP contribution in [-0.2, 0) is 6.54 Å².